The second kappa shape index (κ2) is 14.5. The summed E-state index contributed by atoms with van der Waals surface area (Å²) in [5, 5.41) is 3.50. The van der Waals surface area contributed by atoms with Crippen LogP contribution in [0.1, 0.15) is 55.4 Å². The highest BCUT2D eigenvalue weighted by molar-refractivity contribution is 7.92. The average Bonchev–Trinajstić information content (AvgIpc) is 2.94. The Labute approximate surface area is 249 Å². The van der Waals surface area contributed by atoms with Crippen LogP contribution in [0.25, 0.3) is 0 Å². The summed E-state index contributed by atoms with van der Waals surface area (Å²) in [6, 6.07) is 18.1. The van der Waals surface area contributed by atoms with Gasteiger partial charge in [0.2, 0.25) is 11.8 Å². The van der Waals surface area contributed by atoms with Crippen molar-refractivity contribution in [3.8, 4) is 0 Å². The number of aryl methyl sites for hydroxylation is 3. The summed E-state index contributed by atoms with van der Waals surface area (Å²) in [4.78, 5) is 29.0. The van der Waals surface area contributed by atoms with E-state index in [1.165, 1.54) is 4.90 Å². The molecule has 0 fully saturated rings. The maximum atomic E-state index is 14.1. The van der Waals surface area contributed by atoms with Crippen LogP contribution in [0.2, 0.25) is 5.02 Å². The molecule has 41 heavy (non-hydrogen) atoms. The zero-order chi connectivity index (χ0) is 30.2. The van der Waals surface area contributed by atoms with Crippen LogP contribution in [0.5, 0.6) is 0 Å². The van der Waals surface area contributed by atoms with Gasteiger partial charge < -0.3 is 10.2 Å². The third-order valence-electron chi connectivity index (χ3n) is 7.15. The van der Waals surface area contributed by atoms with E-state index in [2.05, 4.69) is 5.32 Å². The van der Waals surface area contributed by atoms with Crippen molar-refractivity contribution in [2.45, 2.75) is 71.4 Å². The van der Waals surface area contributed by atoms with Gasteiger partial charge in [-0.1, -0.05) is 67.8 Å². The van der Waals surface area contributed by atoms with Crippen molar-refractivity contribution < 1.29 is 18.0 Å². The van der Waals surface area contributed by atoms with Crippen molar-refractivity contribution in [3.63, 3.8) is 0 Å². The molecule has 0 heterocycles. The summed E-state index contributed by atoms with van der Waals surface area (Å²) < 4.78 is 29.1. The number of anilines is 1. The number of hydrogen-bond donors (Lipinski definition) is 1. The Bertz CT molecular complexity index is 1440. The Hall–Kier alpha value is -3.36. The van der Waals surface area contributed by atoms with Crippen molar-refractivity contribution >= 4 is 39.1 Å². The number of hydrogen-bond acceptors (Lipinski definition) is 4. The molecule has 0 saturated heterocycles. The standard InChI is InChI=1S/C32H40ClN3O4S/c1-6-8-19-34-32(38)30(7-2)35(21-26-12-14-27(33)15-13-26)31(37)22-36(28-16-11-24(4)25(5)20-28)41(39,40)29-17-9-23(3)10-18-29/h9-18,20,30H,6-8,19,21-22H2,1-5H3,(H,34,38)/t30-/m1/s1. The number of benzene rings is 3. The zero-order valence-electron chi connectivity index (χ0n) is 24.5. The molecule has 0 aliphatic rings. The van der Waals surface area contributed by atoms with E-state index in [4.69, 9.17) is 11.6 Å². The van der Waals surface area contributed by atoms with E-state index < -0.39 is 28.5 Å². The highest BCUT2D eigenvalue weighted by atomic mass is 35.5. The largest absolute Gasteiger partial charge is 0.354 e. The molecule has 3 aromatic carbocycles. The maximum absolute atomic E-state index is 14.1. The van der Waals surface area contributed by atoms with Gasteiger partial charge in [0.05, 0.1) is 10.6 Å². The first kappa shape index (κ1) is 32.2. The van der Waals surface area contributed by atoms with Crippen LogP contribution in [-0.2, 0) is 26.2 Å². The van der Waals surface area contributed by atoms with Crippen LogP contribution < -0.4 is 9.62 Å². The minimum Gasteiger partial charge on any atom is -0.354 e. The Morgan fingerprint density at radius 1 is 0.902 bits per heavy atom. The third kappa shape index (κ3) is 8.33. The topological polar surface area (TPSA) is 86.8 Å². The van der Waals surface area contributed by atoms with E-state index in [0.717, 1.165) is 39.4 Å². The van der Waals surface area contributed by atoms with Crippen LogP contribution in [0.3, 0.4) is 0 Å². The number of halogens is 1. The molecule has 0 aliphatic heterocycles. The average molecular weight is 598 g/mol. The molecule has 0 saturated carbocycles. The summed E-state index contributed by atoms with van der Waals surface area (Å²) in [6.45, 7) is 9.77. The fraction of sp³-hybridized carbons (Fsp3) is 0.375. The second-order valence-electron chi connectivity index (χ2n) is 10.3. The number of nitrogens with zero attached hydrogens (tertiary/aromatic N) is 2. The highest BCUT2D eigenvalue weighted by Gasteiger charge is 2.33. The van der Waals surface area contributed by atoms with Crippen LogP contribution in [0.15, 0.2) is 71.6 Å². The molecule has 0 bridgehead atoms. The lowest BCUT2D eigenvalue weighted by atomic mass is 10.1. The molecule has 1 N–H and O–H groups in total. The molecule has 9 heteroatoms. The lowest BCUT2D eigenvalue weighted by Crippen LogP contribution is -2.52. The van der Waals surface area contributed by atoms with E-state index in [-0.39, 0.29) is 17.3 Å². The number of carbonyl (C=O) groups is 2. The normalized spacial score (nSPS) is 12.0. The molecular weight excluding hydrogens is 558 g/mol. The van der Waals surface area contributed by atoms with Gasteiger partial charge in [0, 0.05) is 18.1 Å². The fourth-order valence-corrected chi connectivity index (χ4v) is 5.99. The van der Waals surface area contributed by atoms with E-state index in [9.17, 15) is 18.0 Å². The van der Waals surface area contributed by atoms with E-state index in [1.54, 1.807) is 60.7 Å². The van der Waals surface area contributed by atoms with E-state index in [0.29, 0.717) is 23.7 Å². The lowest BCUT2D eigenvalue weighted by molar-refractivity contribution is -0.140. The minimum atomic E-state index is -4.11. The van der Waals surface area contributed by atoms with Gasteiger partial charge in [-0.15, -0.1) is 0 Å². The molecule has 3 aromatic rings. The molecule has 0 spiro atoms. The predicted octanol–water partition coefficient (Wildman–Crippen LogP) is 6.18. The number of rotatable bonds is 13. The summed E-state index contributed by atoms with van der Waals surface area (Å²) in [5.41, 5.74) is 3.99. The number of sulfonamides is 1. The monoisotopic (exact) mass is 597 g/mol. The third-order valence-corrected chi connectivity index (χ3v) is 9.19. The van der Waals surface area contributed by atoms with Crippen LogP contribution >= 0.6 is 11.6 Å². The number of amides is 2. The van der Waals surface area contributed by atoms with Crippen LogP contribution in [0, 0.1) is 20.8 Å². The van der Waals surface area contributed by atoms with Crippen molar-refractivity contribution in [1.82, 2.24) is 10.2 Å². The van der Waals surface area contributed by atoms with Crippen molar-refractivity contribution in [1.29, 1.82) is 0 Å². The Kier molecular flexibility index (Phi) is 11.4. The Morgan fingerprint density at radius 3 is 2.15 bits per heavy atom. The van der Waals surface area contributed by atoms with Gasteiger partial charge in [-0.25, -0.2) is 8.42 Å². The minimum absolute atomic E-state index is 0.0859. The quantitative estimate of drug-likeness (QED) is 0.238. The number of unbranched alkanes of at least 4 members (excludes halogenated alkanes) is 1. The molecular formula is C32H40ClN3O4S. The van der Waals surface area contributed by atoms with Gasteiger partial charge in [0.1, 0.15) is 12.6 Å². The first-order chi connectivity index (χ1) is 19.5. The molecule has 2 amide bonds. The smallest absolute Gasteiger partial charge is 0.264 e. The van der Waals surface area contributed by atoms with Gasteiger partial charge in [-0.2, -0.15) is 0 Å². The second-order valence-corrected chi connectivity index (χ2v) is 12.6. The molecule has 1 atom stereocenters. The van der Waals surface area contributed by atoms with Crippen LogP contribution in [0.4, 0.5) is 5.69 Å². The van der Waals surface area contributed by atoms with Gasteiger partial charge >= 0.3 is 0 Å². The zero-order valence-corrected chi connectivity index (χ0v) is 26.1. The molecule has 0 aromatic heterocycles. The summed E-state index contributed by atoms with van der Waals surface area (Å²) in [6.07, 6.45) is 2.11. The fourth-order valence-electron chi connectivity index (χ4n) is 4.46. The molecule has 0 aliphatic carbocycles. The van der Waals surface area contributed by atoms with Crippen molar-refractivity contribution in [3.05, 3.63) is 94.0 Å². The number of nitrogens with one attached hydrogen (secondary N) is 1. The first-order valence-electron chi connectivity index (χ1n) is 14.0. The van der Waals surface area contributed by atoms with E-state index >= 15 is 0 Å². The molecule has 3 rings (SSSR count). The molecule has 7 nitrogen and oxygen atoms in total. The molecule has 0 radical (unpaired) electrons. The summed E-state index contributed by atoms with van der Waals surface area (Å²) in [7, 11) is -4.11. The van der Waals surface area contributed by atoms with Crippen molar-refractivity contribution in [2.24, 2.45) is 0 Å². The molecule has 220 valence electrons. The molecule has 0 unspecified atom stereocenters. The number of carbonyl (C=O) groups excluding carboxylic acids is 2. The lowest BCUT2D eigenvalue weighted by Gasteiger charge is -2.33. The first-order valence-corrected chi connectivity index (χ1v) is 15.8. The summed E-state index contributed by atoms with van der Waals surface area (Å²) in [5.74, 6) is -0.742. The maximum Gasteiger partial charge on any atom is 0.264 e. The van der Waals surface area contributed by atoms with Gasteiger partial charge in [-0.05, 0) is 86.7 Å². The Morgan fingerprint density at radius 2 is 1.56 bits per heavy atom. The van der Waals surface area contributed by atoms with Crippen LogP contribution in [-0.4, -0.2) is 44.3 Å². The highest BCUT2D eigenvalue weighted by Crippen LogP contribution is 2.27. The SMILES string of the molecule is CCCCNC(=O)[C@@H](CC)N(Cc1ccc(Cl)cc1)C(=O)CN(c1ccc(C)c(C)c1)S(=O)(=O)c1ccc(C)cc1. The van der Waals surface area contributed by atoms with Gasteiger partial charge in [0.25, 0.3) is 10.0 Å². The van der Waals surface area contributed by atoms with Crippen molar-refractivity contribution in [2.75, 3.05) is 17.4 Å². The van der Waals surface area contributed by atoms with Gasteiger partial charge in [-0.3, -0.25) is 13.9 Å². The Balaban J connectivity index is 2.05. The summed E-state index contributed by atoms with van der Waals surface area (Å²) >= 11 is 6.08. The predicted molar refractivity (Wildman–Crippen MR) is 166 cm³/mol. The van der Waals surface area contributed by atoms with E-state index in [1.807, 2.05) is 40.7 Å². The van der Waals surface area contributed by atoms with Gasteiger partial charge in [0.15, 0.2) is 0 Å².